The molecule has 2 heterocycles. The van der Waals surface area contributed by atoms with Gasteiger partial charge in [0.15, 0.2) is 5.82 Å². The van der Waals surface area contributed by atoms with Crippen LogP contribution in [0.3, 0.4) is 0 Å². The van der Waals surface area contributed by atoms with E-state index in [1.165, 1.54) is 10.8 Å². The zero-order chi connectivity index (χ0) is 21.6. The third kappa shape index (κ3) is 5.35. The summed E-state index contributed by atoms with van der Waals surface area (Å²) >= 11 is 0. The number of aliphatic hydroxyl groups is 1. The van der Waals surface area contributed by atoms with Crippen molar-refractivity contribution in [3.63, 3.8) is 0 Å². The number of aromatic nitrogens is 2. The van der Waals surface area contributed by atoms with Crippen LogP contribution >= 0.6 is 0 Å². The lowest BCUT2D eigenvalue weighted by atomic mass is 9.84. The summed E-state index contributed by atoms with van der Waals surface area (Å²) < 4.78 is 17.4. The van der Waals surface area contributed by atoms with Crippen molar-refractivity contribution in [2.24, 2.45) is 5.41 Å². The molecule has 0 aromatic carbocycles. The molecule has 0 radical (unpaired) electrons. The lowest BCUT2D eigenvalue weighted by molar-refractivity contribution is -0.0100. The van der Waals surface area contributed by atoms with Crippen LogP contribution in [0.1, 0.15) is 51.8 Å². The normalized spacial score (nSPS) is 21.6. The number of nitrogens with zero attached hydrogens (tertiary/aromatic N) is 2. The van der Waals surface area contributed by atoms with E-state index < -0.39 is 30.2 Å². The molecular weight excluding hydrogens is 378 g/mol. The number of hydrogen-bond acceptors (Lipinski definition) is 7. The number of hydrogen-bond donors (Lipinski definition) is 2. The van der Waals surface area contributed by atoms with Crippen LogP contribution in [0, 0.1) is 17.8 Å². The largest absolute Gasteiger partial charge is 0.449 e. The molecule has 2 N–H and O–H groups in total. The van der Waals surface area contributed by atoms with Gasteiger partial charge in [-0.2, -0.15) is 4.98 Å². The molecule has 160 valence electrons. The van der Waals surface area contributed by atoms with E-state index in [4.69, 9.17) is 20.6 Å². The highest BCUT2D eigenvalue weighted by Crippen LogP contribution is 2.28. The van der Waals surface area contributed by atoms with Crippen LogP contribution in [0.15, 0.2) is 11.0 Å². The number of nitrogens with one attached hydrogen (secondary N) is 1. The van der Waals surface area contributed by atoms with Crippen molar-refractivity contribution in [3.05, 3.63) is 22.2 Å². The van der Waals surface area contributed by atoms with Gasteiger partial charge in [0.05, 0.1) is 24.4 Å². The highest BCUT2D eigenvalue weighted by molar-refractivity contribution is 5.84. The summed E-state index contributed by atoms with van der Waals surface area (Å²) in [4.78, 5) is 28.5. The van der Waals surface area contributed by atoms with Gasteiger partial charge >= 0.3 is 11.8 Å². The molecule has 9 heteroatoms. The molecule has 1 amide bonds. The fourth-order valence-corrected chi connectivity index (χ4v) is 3.21. The van der Waals surface area contributed by atoms with Crippen LogP contribution in [0.2, 0.25) is 0 Å². The van der Waals surface area contributed by atoms with Crippen LogP contribution in [-0.2, 0) is 14.2 Å². The van der Waals surface area contributed by atoms with Crippen molar-refractivity contribution < 1.29 is 24.1 Å². The van der Waals surface area contributed by atoms with Gasteiger partial charge in [-0.25, -0.2) is 9.59 Å². The first-order chi connectivity index (χ1) is 13.8. The maximum absolute atomic E-state index is 12.4. The molecule has 1 saturated heterocycles. The summed E-state index contributed by atoms with van der Waals surface area (Å²) in [5.41, 5.74) is -0.732. The van der Waals surface area contributed by atoms with Gasteiger partial charge in [-0.1, -0.05) is 19.8 Å². The maximum Gasteiger partial charge on any atom is 0.412 e. The summed E-state index contributed by atoms with van der Waals surface area (Å²) in [6.07, 6.45) is 6.20. The van der Waals surface area contributed by atoms with Crippen LogP contribution in [-0.4, -0.2) is 53.3 Å². The molecule has 0 bridgehead atoms. The number of methoxy groups -OCH3 is 1. The first-order valence-electron chi connectivity index (χ1n) is 9.65. The lowest BCUT2D eigenvalue weighted by Crippen LogP contribution is -2.33. The molecule has 0 saturated carbocycles. The van der Waals surface area contributed by atoms with Gasteiger partial charge in [-0.3, -0.25) is 9.88 Å². The van der Waals surface area contributed by atoms with E-state index in [9.17, 15) is 14.7 Å². The van der Waals surface area contributed by atoms with Gasteiger partial charge in [0.1, 0.15) is 12.8 Å². The fourth-order valence-electron chi connectivity index (χ4n) is 3.21. The van der Waals surface area contributed by atoms with Crippen LogP contribution in [0.5, 0.6) is 0 Å². The van der Waals surface area contributed by atoms with E-state index in [2.05, 4.69) is 16.2 Å². The highest BCUT2D eigenvalue weighted by Gasteiger charge is 2.33. The second-order valence-electron chi connectivity index (χ2n) is 7.28. The van der Waals surface area contributed by atoms with Crippen molar-refractivity contribution in [1.29, 1.82) is 0 Å². The van der Waals surface area contributed by atoms with Crippen molar-refractivity contribution in [2.75, 3.05) is 25.6 Å². The fraction of sp³-hybridized carbons (Fsp3) is 0.650. The summed E-state index contributed by atoms with van der Waals surface area (Å²) in [5, 5.41) is 12.3. The Labute approximate surface area is 170 Å². The van der Waals surface area contributed by atoms with Gasteiger partial charge in [0, 0.05) is 25.1 Å². The number of carbonyl (C=O) groups excluding carboxylic acids is 1. The SMILES string of the molecule is C#Cc1cn(C2CC(O)C(C)O2)c(=O)nc1NC(=O)OCC(CC)(CC)COC. The number of aliphatic hydroxyl groups excluding tert-OH is 1. The highest BCUT2D eigenvalue weighted by atomic mass is 16.6. The minimum atomic E-state index is -0.755. The summed E-state index contributed by atoms with van der Waals surface area (Å²) in [5.74, 6) is 2.34. The monoisotopic (exact) mass is 407 g/mol. The van der Waals surface area contributed by atoms with E-state index in [1.807, 2.05) is 13.8 Å². The second-order valence-corrected chi connectivity index (χ2v) is 7.28. The third-order valence-corrected chi connectivity index (χ3v) is 5.45. The number of terminal acetylenes is 1. The van der Waals surface area contributed by atoms with Crippen molar-refractivity contribution >= 4 is 11.9 Å². The molecule has 1 fully saturated rings. The van der Waals surface area contributed by atoms with E-state index in [-0.39, 0.29) is 29.8 Å². The first kappa shape index (κ1) is 22.9. The molecule has 1 aliphatic heterocycles. The molecule has 2 rings (SSSR count). The predicted molar refractivity (Wildman–Crippen MR) is 107 cm³/mol. The van der Waals surface area contributed by atoms with Gasteiger partial charge in [0.2, 0.25) is 0 Å². The number of ether oxygens (including phenoxy) is 3. The quantitative estimate of drug-likeness (QED) is 0.633. The van der Waals surface area contributed by atoms with Gasteiger partial charge in [0.25, 0.3) is 0 Å². The summed E-state index contributed by atoms with van der Waals surface area (Å²) in [6, 6.07) is 0. The second kappa shape index (κ2) is 9.87. The van der Waals surface area contributed by atoms with E-state index in [1.54, 1.807) is 14.0 Å². The topological polar surface area (TPSA) is 112 Å². The molecule has 1 aliphatic rings. The van der Waals surface area contributed by atoms with E-state index in [0.717, 1.165) is 12.8 Å². The van der Waals surface area contributed by atoms with Crippen molar-refractivity contribution in [3.8, 4) is 12.3 Å². The molecule has 1 aromatic rings. The van der Waals surface area contributed by atoms with Gasteiger partial charge in [-0.15, -0.1) is 6.42 Å². The van der Waals surface area contributed by atoms with E-state index >= 15 is 0 Å². The smallest absolute Gasteiger partial charge is 0.412 e. The number of rotatable bonds is 8. The zero-order valence-electron chi connectivity index (χ0n) is 17.3. The lowest BCUT2D eigenvalue weighted by Gasteiger charge is -2.30. The van der Waals surface area contributed by atoms with Crippen molar-refractivity contribution in [2.45, 2.75) is 58.5 Å². The number of carbonyl (C=O) groups is 1. The molecule has 3 atom stereocenters. The Kier molecular flexibility index (Phi) is 7.79. The zero-order valence-corrected chi connectivity index (χ0v) is 17.3. The Balaban J connectivity index is 2.13. The minimum absolute atomic E-state index is 0.0596. The van der Waals surface area contributed by atoms with Gasteiger partial charge < -0.3 is 19.3 Å². The predicted octanol–water partition coefficient (Wildman–Crippen LogP) is 1.89. The molecule has 1 aromatic heterocycles. The van der Waals surface area contributed by atoms with E-state index in [0.29, 0.717) is 6.61 Å². The maximum atomic E-state index is 12.4. The molecule has 0 aliphatic carbocycles. The summed E-state index contributed by atoms with van der Waals surface area (Å²) in [6.45, 7) is 6.35. The Bertz CT molecular complexity index is 801. The van der Waals surface area contributed by atoms with Crippen LogP contribution < -0.4 is 11.0 Å². The Morgan fingerprint density at radius 1 is 1.48 bits per heavy atom. The molecule has 29 heavy (non-hydrogen) atoms. The van der Waals surface area contributed by atoms with Crippen LogP contribution in [0.4, 0.5) is 10.6 Å². The number of anilines is 1. The number of amides is 1. The molecule has 0 spiro atoms. The third-order valence-electron chi connectivity index (χ3n) is 5.45. The molecule has 3 unspecified atom stereocenters. The molecular formula is C20H29N3O6. The van der Waals surface area contributed by atoms with Crippen molar-refractivity contribution in [1.82, 2.24) is 9.55 Å². The average Bonchev–Trinajstić information content (AvgIpc) is 3.03. The Morgan fingerprint density at radius 3 is 2.69 bits per heavy atom. The average molecular weight is 407 g/mol. The van der Waals surface area contributed by atoms with Crippen LogP contribution in [0.25, 0.3) is 0 Å². The molecule has 9 nitrogen and oxygen atoms in total. The first-order valence-corrected chi connectivity index (χ1v) is 9.65. The standard InChI is InChI=1S/C20H29N3O6/c1-6-14-10-23(16-9-15(24)13(4)29-16)18(25)21-17(14)22-19(26)28-12-20(7-2,8-3)11-27-5/h1,10,13,15-16,24H,7-9,11-12H2,2-5H3,(H,21,22,25,26). The Hall–Kier alpha value is -2.41. The summed E-state index contributed by atoms with van der Waals surface area (Å²) in [7, 11) is 1.60. The Morgan fingerprint density at radius 2 is 2.17 bits per heavy atom. The van der Waals surface area contributed by atoms with Gasteiger partial charge in [-0.05, 0) is 19.8 Å². The minimum Gasteiger partial charge on any atom is -0.449 e.